The molecule has 0 bridgehead atoms. The zero-order valence-electron chi connectivity index (χ0n) is 10.1. The largest absolute Gasteiger partial charge is 0.486 e. The fourth-order valence-corrected chi connectivity index (χ4v) is 1.39. The minimum Gasteiger partial charge on any atom is -0.486 e. The molecule has 16 heavy (non-hydrogen) atoms. The molecule has 0 radical (unpaired) electrons. The van der Waals surface area contributed by atoms with Crippen molar-refractivity contribution in [3.8, 4) is 5.75 Å². The van der Waals surface area contributed by atoms with E-state index >= 15 is 0 Å². The van der Waals surface area contributed by atoms with E-state index in [2.05, 4.69) is 6.92 Å². The Balaban J connectivity index is 2.96. The van der Waals surface area contributed by atoms with E-state index in [1.807, 2.05) is 13.8 Å². The highest BCUT2D eigenvalue weighted by Gasteiger charge is 2.18. The third kappa shape index (κ3) is 3.24. The van der Waals surface area contributed by atoms with Crippen LogP contribution in [0.2, 0.25) is 5.02 Å². The zero-order valence-corrected chi connectivity index (χ0v) is 10.9. The van der Waals surface area contributed by atoms with Crippen LogP contribution in [0.3, 0.4) is 0 Å². The van der Waals surface area contributed by atoms with Crippen LogP contribution in [0.25, 0.3) is 0 Å². The number of ketones is 1. The van der Waals surface area contributed by atoms with E-state index in [0.717, 1.165) is 6.42 Å². The van der Waals surface area contributed by atoms with Crippen molar-refractivity contribution < 1.29 is 9.53 Å². The summed E-state index contributed by atoms with van der Waals surface area (Å²) in [4.78, 5) is 11.2. The molecule has 0 heterocycles. The van der Waals surface area contributed by atoms with E-state index < -0.39 is 0 Å². The number of hydrogen-bond acceptors (Lipinski definition) is 2. The van der Waals surface area contributed by atoms with Crippen LogP contribution in [-0.2, 0) is 0 Å². The van der Waals surface area contributed by atoms with E-state index in [1.165, 1.54) is 6.92 Å². The molecular weight excluding hydrogens is 224 g/mol. The van der Waals surface area contributed by atoms with Gasteiger partial charge in [0.05, 0.1) is 5.02 Å². The number of benzene rings is 1. The molecule has 1 aromatic carbocycles. The molecule has 0 atom stereocenters. The van der Waals surface area contributed by atoms with Crippen molar-refractivity contribution in [3.05, 3.63) is 28.8 Å². The molecule has 0 fully saturated rings. The lowest BCUT2D eigenvalue weighted by Gasteiger charge is -2.25. The van der Waals surface area contributed by atoms with Crippen LogP contribution >= 0.6 is 11.6 Å². The Kier molecular flexibility index (Phi) is 3.98. The van der Waals surface area contributed by atoms with E-state index in [1.54, 1.807) is 18.2 Å². The van der Waals surface area contributed by atoms with Gasteiger partial charge in [0, 0.05) is 5.56 Å². The maximum Gasteiger partial charge on any atom is 0.159 e. The molecule has 0 spiro atoms. The third-order valence-corrected chi connectivity index (χ3v) is 2.87. The van der Waals surface area contributed by atoms with E-state index in [4.69, 9.17) is 16.3 Å². The van der Waals surface area contributed by atoms with Gasteiger partial charge >= 0.3 is 0 Å². The summed E-state index contributed by atoms with van der Waals surface area (Å²) < 4.78 is 5.77. The average Bonchev–Trinajstić information content (AvgIpc) is 2.20. The molecular formula is C13H17ClO2. The molecule has 0 saturated heterocycles. The first kappa shape index (κ1) is 13.0. The number of ether oxygens (including phenoxy) is 1. The highest BCUT2D eigenvalue weighted by Crippen LogP contribution is 2.29. The van der Waals surface area contributed by atoms with E-state index in [9.17, 15) is 4.79 Å². The molecule has 0 aromatic heterocycles. The van der Waals surface area contributed by atoms with Crippen molar-refractivity contribution in [2.45, 2.75) is 39.7 Å². The lowest BCUT2D eigenvalue weighted by atomic mass is 10.1. The summed E-state index contributed by atoms with van der Waals surface area (Å²) in [7, 11) is 0. The molecule has 0 amide bonds. The van der Waals surface area contributed by atoms with Crippen molar-refractivity contribution in [2.24, 2.45) is 0 Å². The fraction of sp³-hybridized carbons (Fsp3) is 0.462. The minimum atomic E-state index is -0.249. The lowest BCUT2D eigenvalue weighted by molar-refractivity contribution is 0.101. The SMILES string of the molecule is CCC(C)(C)Oc1ccc(C(C)=O)cc1Cl. The predicted molar refractivity (Wildman–Crippen MR) is 66.5 cm³/mol. The van der Waals surface area contributed by atoms with Gasteiger partial charge in [0.25, 0.3) is 0 Å². The lowest BCUT2D eigenvalue weighted by Crippen LogP contribution is -2.26. The first-order valence-corrected chi connectivity index (χ1v) is 5.73. The Morgan fingerprint density at radius 1 is 1.44 bits per heavy atom. The van der Waals surface area contributed by atoms with Gasteiger partial charge in [-0.2, -0.15) is 0 Å². The molecule has 3 heteroatoms. The highest BCUT2D eigenvalue weighted by atomic mass is 35.5. The van der Waals surface area contributed by atoms with Crippen molar-refractivity contribution in [1.29, 1.82) is 0 Å². The smallest absolute Gasteiger partial charge is 0.159 e. The van der Waals surface area contributed by atoms with Gasteiger partial charge in [-0.3, -0.25) is 4.79 Å². The predicted octanol–water partition coefficient (Wildman–Crippen LogP) is 4.11. The number of Topliss-reactive ketones (excluding diaryl/α,β-unsaturated/α-hetero) is 1. The van der Waals surface area contributed by atoms with Crippen LogP contribution in [0.5, 0.6) is 5.75 Å². The second-order valence-corrected chi connectivity index (χ2v) is 4.82. The Labute approximate surface area is 102 Å². The maximum absolute atomic E-state index is 11.2. The molecule has 0 aliphatic carbocycles. The standard InChI is InChI=1S/C13H17ClO2/c1-5-13(3,4)16-12-7-6-10(9(2)15)8-11(12)14/h6-8H,5H2,1-4H3. The summed E-state index contributed by atoms with van der Waals surface area (Å²) in [5.41, 5.74) is 0.355. The number of carbonyl (C=O) groups excluding carboxylic acids is 1. The van der Waals surface area contributed by atoms with Crippen LogP contribution in [-0.4, -0.2) is 11.4 Å². The van der Waals surface area contributed by atoms with Gasteiger partial charge in [-0.25, -0.2) is 0 Å². The second-order valence-electron chi connectivity index (χ2n) is 4.42. The van der Waals surface area contributed by atoms with Crippen LogP contribution in [0.4, 0.5) is 0 Å². The Morgan fingerprint density at radius 2 is 2.06 bits per heavy atom. The Hall–Kier alpha value is -1.02. The summed E-state index contributed by atoms with van der Waals surface area (Å²) in [6.07, 6.45) is 0.887. The third-order valence-electron chi connectivity index (χ3n) is 2.58. The van der Waals surface area contributed by atoms with Crippen LogP contribution in [0.1, 0.15) is 44.5 Å². The van der Waals surface area contributed by atoms with Gasteiger partial charge in [-0.05, 0) is 45.4 Å². The van der Waals surface area contributed by atoms with Crippen LogP contribution in [0.15, 0.2) is 18.2 Å². The summed E-state index contributed by atoms with van der Waals surface area (Å²) in [5.74, 6) is 0.627. The molecule has 0 aliphatic heterocycles. The molecule has 0 saturated carbocycles. The quantitative estimate of drug-likeness (QED) is 0.741. The number of halogens is 1. The normalized spacial score (nSPS) is 11.3. The molecule has 0 aliphatic rings. The number of rotatable bonds is 4. The number of carbonyl (C=O) groups is 1. The van der Waals surface area contributed by atoms with Gasteiger partial charge in [0.1, 0.15) is 11.4 Å². The van der Waals surface area contributed by atoms with Crippen molar-refractivity contribution >= 4 is 17.4 Å². The topological polar surface area (TPSA) is 26.3 Å². The molecule has 1 rings (SSSR count). The minimum absolute atomic E-state index is 0.00296. The molecule has 1 aromatic rings. The van der Waals surface area contributed by atoms with Gasteiger partial charge in [-0.15, -0.1) is 0 Å². The van der Waals surface area contributed by atoms with E-state index in [0.29, 0.717) is 16.3 Å². The Bertz CT molecular complexity index is 397. The summed E-state index contributed by atoms with van der Waals surface area (Å²) in [6.45, 7) is 7.57. The molecule has 0 N–H and O–H groups in total. The van der Waals surface area contributed by atoms with Crippen molar-refractivity contribution in [3.63, 3.8) is 0 Å². The number of hydrogen-bond donors (Lipinski definition) is 0. The molecule has 88 valence electrons. The van der Waals surface area contributed by atoms with Gasteiger partial charge in [0.2, 0.25) is 0 Å². The molecule has 0 unspecified atom stereocenters. The molecule has 2 nitrogen and oxygen atoms in total. The Morgan fingerprint density at radius 3 is 2.50 bits per heavy atom. The van der Waals surface area contributed by atoms with Gasteiger partial charge < -0.3 is 4.74 Å². The first-order valence-electron chi connectivity index (χ1n) is 5.35. The monoisotopic (exact) mass is 240 g/mol. The average molecular weight is 241 g/mol. The van der Waals surface area contributed by atoms with E-state index in [-0.39, 0.29) is 11.4 Å². The summed E-state index contributed by atoms with van der Waals surface area (Å²) in [6, 6.07) is 5.12. The van der Waals surface area contributed by atoms with Crippen molar-refractivity contribution in [1.82, 2.24) is 0 Å². The van der Waals surface area contributed by atoms with Crippen LogP contribution < -0.4 is 4.74 Å². The maximum atomic E-state index is 11.2. The first-order chi connectivity index (χ1) is 7.35. The fourth-order valence-electron chi connectivity index (χ4n) is 1.17. The summed E-state index contributed by atoms with van der Waals surface area (Å²) in [5, 5.41) is 0.481. The summed E-state index contributed by atoms with van der Waals surface area (Å²) >= 11 is 6.06. The zero-order chi connectivity index (χ0) is 12.3. The van der Waals surface area contributed by atoms with Crippen molar-refractivity contribution in [2.75, 3.05) is 0 Å². The highest BCUT2D eigenvalue weighted by molar-refractivity contribution is 6.32. The van der Waals surface area contributed by atoms with Gasteiger partial charge in [0.15, 0.2) is 5.78 Å². The second kappa shape index (κ2) is 4.88. The van der Waals surface area contributed by atoms with Gasteiger partial charge in [-0.1, -0.05) is 18.5 Å². The van der Waals surface area contributed by atoms with Crippen LogP contribution in [0, 0.1) is 0 Å².